The maximum absolute atomic E-state index is 5.87. The van der Waals surface area contributed by atoms with Crippen molar-refractivity contribution in [2.75, 3.05) is 31.5 Å². The van der Waals surface area contributed by atoms with E-state index >= 15 is 0 Å². The summed E-state index contributed by atoms with van der Waals surface area (Å²) in [6.45, 7) is 12.1. The summed E-state index contributed by atoms with van der Waals surface area (Å²) in [5, 5.41) is 11.0. The number of anilines is 1. The third kappa shape index (κ3) is 7.28. The van der Waals surface area contributed by atoms with E-state index in [1.165, 1.54) is 0 Å². The average Bonchev–Trinajstić information content (AvgIpc) is 2.78. The highest BCUT2D eigenvalue weighted by Crippen LogP contribution is 2.16. The van der Waals surface area contributed by atoms with Gasteiger partial charge in [-0.15, -0.1) is 29.9 Å². The highest BCUT2D eigenvalue weighted by atomic mass is 35.5. The summed E-state index contributed by atoms with van der Waals surface area (Å²) in [6.07, 6.45) is 1.05. The van der Waals surface area contributed by atoms with Gasteiger partial charge in [-0.1, -0.05) is 18.9 Å². The Labute approximate surface area is 133 Å². The molecule has 0 unspecified atom stereocenters. The van der Waals surface area contributed by atoms with E-state index in [0.717, 1.165) is 32.6 Å². The number of nitrogens with two attached hydrogens (primary N) is 1. The van der Waals surface area contributed by atoms with Gasteiger partial charge in [0.1, 0.15) is 0 Å². The van der Waals surface area contributed by atoms with Crippen LogP contribution in [0.5, 0.6) is 0 Å². The normalized spacial score (nSPS) is 10.9. The van der Waals surface area contributed by atoms with E-state index in [1.807, 2.05) is 13.8 Å². The molecule has 0 aliphatic heterocycles. The summed E-state index contributed by atoms with van der Waals surface area (Å²) in [7, 11) is 0. The van der Waals surface area contributed by atoms with E-state index in [9.17, 15) is 0 Å². The van der Waals surface area contributed by atoms with Gasteiger partial charge in [-0.25, -0.2) is 0 Å². The van der Waals surface area contributed by atoms with Crippen LogP contribution in [0.4, 0.5) is 6.01 Å². The zero-order valence-corrected chi connectivity index (χ0v) is 14.3. The third-order valence-corrected chi connectivity index (χ3v) is 2.80. The molecule has 0 aliphatic rings. The van der Waals surface area contributed by atoms with Gasteiger partial charge < -0.3 is 20.4 Å². The first-order valence-corrected chi connectivity index (χ1v) is 6.56. The van der Waals surface area contributed by atoms with Gasteiger partial charge in [0.05, 0.1) is 5.54 Å². The molecular formula is C12H27Cl2N5O. The van der Waals surface area contributed by atoms with Crippen LogP contribution in [0.15, 0.2) is 4.42 Å². The summed E-state index contributed by atoms with van der Waals surface area (Å²) < 4.78 is 5.44. The fourth-order valence-electron chi connectivity index (χ4n) is 1.59. The lowest BCUT2D eigenvalue weighted by molar-refractivity contribution is 0.302. The summed E-state index contributed by atoms with van der Waals surface area (Å²) in [5.41, 5.74) is 5.28. The van der Waals surface area contributed by atoms with Crippen LogP contribution in [0.25, 0.3) is 0 Å². The van der Waals surface area contributed by atoms with Crippen molar-refractivity contribution in [3.63, 3.8) is 0 Å². The van der Waals surface area contributed by atoms with E-state index < -0.39 is 5.54 Å². The molecule has 0 atom stereocenters. The minimum atomic E-state index is -0.589. The van der Waals surface area contributed by atoms with Crippen molar-refractivity contribution in [3.8, 4) is 0 Å². The Kier molecular flexibility index (Phi) is 11.1. The lowest BCUT2D eigenvalue weighted by atomic mass is 10.1. The molecule has 1 heterocycles. The quantitative estimate of drug-likeness (QED) is 0.713. The zero-order valence-electron chi connectivity index (χ0n) is 12.7. The lowest BCUT2D eigenvalue weighted by Crippen LogP contribution is -2.29. The van der Waals surface area contributed by atoms with Crippen LogP contribution in [0, 0.1) is 0 Å². The Hall–Kier alpha value is -0.560. The smallest absolute Gasteiger partial charge is 0.315 e. The SMILES string of the molecule is CCN(CC)CCCNc1nnc(C(C)(C)N)o1.Cl.Cl. The van der Waals surface area contributed by atoms with Gasteiger partial charge in [-0.2, -0.15) is 0 Å². The molecule has 0 amide bonds. The van der Waals surface area contributed by atoms with Crippen molar-refractivity contribution in [1.29, 1.82) is 0 Å². The van der Waals surface area contributed by atoms with E-state index in [1.54, 1.807) is 0 Å². The molecule has 0 fully saturated rings. The first-order valence-electron chi connectivity index (χ1n) is 6.56. The molecule has 6 nitrogen and oxygen atoms in total. The monoisotopic (exact) mass is 327 g/mol. The fraction of sp³-hybridized carbons (Fsp3) is 0.833. The molecule has 1 rings (SSSR count). The number of aromatic nitrogens is 2. The molecular weight excluding hydrogens is 301 g/mol. The highest BCUT2D eigenvalue weighted by Gasteiger charge is 2.21. The van der Waals surface area contributed by atoms with Gasteiger partial charge in [-0.3, -0.25) is 0 Å². The number of rotatable bonds is 8. The highest BCUT2D eigenvalue weighted by molar-refractivity contribution is 5.85. The van der Waals surface area contributed by atoms with Crippen LogP contribution in [0.2, 0.25) is 0 Å². The van der Waals surface area contributed by atoms with Crippen molar-refractivity contribution in [3.05, 3.63) is 5.89 Å². The number of hydrogen-bond acceptors (Lipinski definition) is 6. The Bertz CT molecular complexity index is 350. The van der Waals surface area contributed by atoms with Crippen molar-refractivity contribution in [1.82, 2.24) is 15.1 Å². The van der Waals surface area contributed by atoms with Crippen LogP contribution >= 0.6 is 24.8 Å². The number of nitrogens with zero attached hydrogens (tertiary/aromatic N) is 3. The van der Waals surface area contributed by atoms with E-state index in [2.05, 4.69) is 34.3 Å². The van der Waals surface area contributed by atoms with Gasteiger partial charge in [0.25, 0.3) is 0 Å². The molecule has 0 aliphatic carbocycles. The molecule has 0 aromatic carbocycles. The van der Waals surface area contributed by atoms with E-state index in [0.29, 0.717) is 11.9 Å². The van der Waals surface area contributed by atoms with Crippen LogP contribution in [0.1, 0.15) is 40.0 Å². The zero-order chi connectivity index (χ0) is 13.6. The summed E-state index contributed by atoms with van der Waals surface area (Å²) in [4.78, 5) is 2.38. The second-order valence-corrected chi connectivity index (χ2v) is 4.94. The van der Waals surface area contributed by atoms with E-state index in [4.69, 9.17) is 10.2 Å². The third-order valence-electron chi connectivity index (χ3n) is 2.80. The molecule has 3 N–H and O–H groups in total. The van der Waals surface area contributed by atoms with Crippen LogP contribution in [-0.4, -0.2) is 41.3 Å². The summed E-state index contributed by atoms with van der Waals surface area (Å²) >= 11 is 0. The van der Waals surface area contributed by atoms with Gasteiger partial charge in [0.15, 0.2) is 0 Å². The Morgan fingerprint density at radius 3 is 2.25 bits per heavy atom. The average molecular weight is 328 g/mol. The topological polar surface area (TPSA) is 80.2 Å². The maximum atomic E-state index is 5.87. The van der Waals surface area contributed by atoms with Gasteiger partial charge in [0, 0.05) is 6.54 Å². The van der Waals surface area contributed by atoms with Gasteiger partial charge >= 0.3 is 6.01 Å². The predicted molar refractivity (Wildman–Crippen MR) is 86.9 cm³/mol. The van der Waals surface area contributed by atoms with Crippen LogP contribution in [-0.2, 0) is 5.54 Å². The molecule has 1 aromatic heterocycles. The van der Waals surface area contributed by atoms with Crippen molar-refractivity contribution in [2.45, 2.75) is 39.7 Å². The fourth-order valence-corrected chi connectivity index (χ4v) is 1.59. The number of nitrogens with one attached hydrogen (secondary N) is 1. The number of hydrogen-bond donors (Lipinski definition) is 2. The maximum Gasteiger partial charge on any atom is 0.315 e. The van der Waals surface area contributed by atoms with Crippen molar-refractivity contribution in [2.24, 2.45) is 5.73 Å². The van der Waals surface area contributed by atoms with Crippen LogP contribution < -0.4 is 11.1 Å². The second-order valence-electron chi connectivity index (χ2n) is 4.94. The second kappa shape index (κ2) is 10.2. The first kappa shape index (κ1) is 21.7. The molecule has 20 heavy (non-hydrogen) atoms. The molecule has 0 radical (unpaired) electrons. The van der Waals surface area contributed by atoms with Crippen molar-refractivity contribution >= 4 is 30.8 Å². The van der Waals surface area contributed by atoms with E-state index in [-0.39, 0.29) is 24.8 Å². The Morgan fingerprint density at radius 2 is 1.80 bits per heavy atom. The minimum Gasteiger partial charge on any atom is -0.406 e. The molecule has 0 bridgehead atoms. The van der Waals surface area contributed by atoms with Gasteiger partial charge in [-0.05, 0) is 39.9 Å². The molecule has 0 saturated heterocycles. The van der Waals surface area contributed by atoms with Crippen molar-refractivity contribution < 1.29 is 4.42 Å². The number of halogens is 2. The summed E-state index contributed by atoms with van der Waals surface area (Å²) in [6, 6.07) is 0.447. The predicted octanol–water partition coefficient (Wildman–Crippen LogP) is 2.25. The Morgan fingerprint density at radius 1 is 1.20 bits per heavy atom. The molecule has 0 spiro atoms. The molecule has 8 heteroatoms. The molecule has 1 aromatic rings. The van der Waals surface area contributed by atoms with Crippen LogP contribution in [0.3, 0.4) is 0 Å². The Balaban J connectivity index is 0. The van der Waals surface area contributed by atoms with Gasteiger partial charge in [0.2, 0.25) is 5.89 Å². The summed E-state index contributed by atoms with van der Waals surface area (Å²) in [5.74, 6) is 0.453. The largest absolute Gasteiger partial charge is 0.406 e. The molecule has 0 saturated carbocycles. The standard InChI is InChI=1S/C12H25N5O.2ClH/c1-5-17(6-2)9-7-8-14-11-16-15-10(18-11)12(3,4)13;;/h5-9,13H2,1-4H3,(H,14,16);2*1H. The minimum absolute atomic E-state index is 0. The molecule has 120 valence electrons. The first-order chi connectivity index (χ1) is 8.47. The lowest BCUT2D eigenvalue weighted by Gasteiger charge is -2.17.